The van der Waals surface area contributed by atoms with Crippen molar-refractivity contribution in [3.63, 3.8) is 0 Å². The van der Waals surface area contributed by atoms with E-state index < -0.39 is 21.8 Å². The molecule has 0 aliphatic carbocycles. The van der Waals surface area contributed by atoms with Gasteiger partial charge in [0.15, 0.2) is 0 Å². The molecule has 0 fully saturated rings. The number of aryl methyl sites for hydroxylation is 1. The van der Waals surface area contributed by atoms with Gasteiger partial charge >= 0.3 is 6.18 Å². The third-order valence-electron chi connectivity index (χ3n) is 4.03. The first-order valence-corrected chi connectivity index (χ1v) is 9.13. The molecule has 0 spiro atoms. The van der Waals surface area contributed by atoms with Crippen LogP contribution in [0.5, 0.6) is 0 Å². The lowest BCUT2D eigenvalue weighted by molar-refractivity contribution is -0.137. The van der Waals surface area contributed by atoms with Crippen LogP contribution in [0.15, 0.2) is 48.5 Å². The van der Waals surface area contributed by atoms with Gasteiger partial charge in [-0.15, -0.1) is 0 Å². The Hall–Kier alpha value is -2.02. The summed E-state index contributed by atoms with van der Waals surface area (Å²) in [6.45, 7) is 0.389. The van der Waals surface area contributed by atoms with E-state index in [-0.39, 0.29) is 5.75 Å². The van der Waals surface area contributed by atoms with Crippen LogP contribution >= 0.6 is 0 Å². The largest absolute Gasteiger partial charge is 0.416 e. The van der Waals surface area contributed by atoms with Gasteiger partial charge in [-0.1, -0.05) is 30.3 Å². The van der Waals surface area contributed by atoms with E-state index in [4.69, 9.17) is 0 Å². The molecule has 3 nitrogen and oxygen atoms in total. The number of para-hydroxylation sites is 1. The van der Waals surface area contributed by atoms with Gasteiger partial charge in [0.2, 0.25) is 10.0 Å². The van der Waals surface area contributed by atoms with E-state index in [1.165, 1.54) is 16.4 Å². The van der Waals surface area contributed by atoms with Crippen molar-refractivity contribution in [3.05, 3.63) is 65.2 Å². The Morgan fingerprint density at radius 1 is 1.00 bits per heavy atom. The van der Waals surface area contributed by atoms with Crippen LogP contribution in [-0.4, -0.2) is 15.0 Å². The highest BCUT2D eigenvalue weighted by molar-refractivity contribution is 7.92. The first-order chi connectivity index (χ1) is 11.3. The number of halogens is 3. The summed E-state index contributed by atoms with van der Waals surface area (Å²) < 4.78 is 64.5. The van der Waals surface area contributed by atoms with E-state index in [2.05, 4.69) is 0 Å². The van der Waals surface area contributed by atoms with E-state index in [1.54, 1.807) is 12.1 Å². The standard InChI is InChI=1S/C17H16F3NO2S/c18-17(19,20)15-9-7-13(8-10-15)12-24(22,23)21-11-3-5-14-4-1-2-6-16(14)21/h1-2,4,6-10H,3,5,11-12H2. The fraction of sp³-hybridized carbons (Fsp3) is 0.294. The Kier molecular flexibility index (Phi) is 4.29. The number of fused-ring (bicyclic) bond motifs is 1. The second-order valence-corrected chi connectivity index (χ2v) is 7.65. The summed E-state index contributed by atoms with van der Waals surface area (Å²) in [7, 11) is -3.65. The highest BCUT2D eigenvalue weighted by atomic mass is 32.2. The van der Waals surface area contributed by atoms with Gasteiger partial charge in [-0.25, -0.2) is 8.42 Å². The highest BCUT2D eigenvalue weighted by Gasteiger charge is 2.31. The molecular formula is C17H16F3NO2S. The molecule has 0 amide bonds. The van der Waals surface area contributed by atoms with Crippen LogP contribution in [-0.2, 0) is 28.4 Å². The topological polar surface area (TPSA) is 37.4 Å². The number of alkyl halides is 3. The maximum Gasteiger partial charge on any atom is 0.416 e. The smallest absolute Gasteiger partial charge is 0.270 e. The van der Waals surface area contributed by atoms with Crippen molar-refractivity contribution >= 4 is 15.7 Å². The van der Waals surface area contributed by atoms with E-state index in [0.29, 0.717) is 17.8 Å². The molecule has 0 atom stereocenters. The summed E-state index contributed by atoms with van der Waals surface area (Å²) in [5.74, 6) is -0.320. The molecule has 0 saturated carbocycles. The fourth-order valence-electron chi connectivity index (χ4n) is 2.87. The number of nitrogens with zero attached hydrogens (tertiary/aromatic N) is 1. The Morgan fingerprint density at radius 2 is 1.67 bits per heavy atom. The van der Waals surface area contributed by atoms with Gasteiger partial charge in [-0.05, 0) is 42.2 Å². The molecule has 0 aromatic heterocycles. The van der Waals surface area contributed by atoms with Gasteiger partial charge in [-0.3, -0.25) is 4.31 Å². The number of rotatable bonds is 3. The average Bonchev–Trinajstić information content (AvgIpc) is 2.53. The predicted molar refractivity (Wildman–Crippen MR) is 86.2 cm³/mol. The molecule has 1 aliphatic heterocycles. The summed E-state index contributed by atoms with van der Waals surface area (Å²) in [4.78, 5) is 0. The molecule has 1 aliphatic rings. The van der Waals surface area contributed by atoms with Crippen molar-refractivity contribution in [2.75, 3.05) is 10.8 Å². The summed E-state index contributed by atoms with van der Waals surface area (Å²) in [6, 6.07) is 11.6. The Bertz CT molecular complexity index is 830. The van der Waals surface area contributed by atoms with Gasteiger partial charge in [0.05, 0.1) is 17.0 Å². The maximum absolute atomic E-state index is 12.7. The zero-order chi connectivity index (χ0) is 17.4. The van der Waals surface area contributed by atoms with Gasteiger partial charge in [0.1, 0.15) is 0 Å². The molecule has 3 rings (SSSR count). The molecule has 2 aromatic rings. The first-order valence-electron chi connectivity index (χ1n) is 7.52. The van der Waals surface area contributed by atoms with Crippen molar-refractivity contribution in [3.8, 4) is 0 Å². The molecular weight excluding hydrogens is 339 g/mol. The molecule has 7 heteroatoms. The van der Waals surface area contributed by atoms with Crippen LogP contribution < -0.4 is 4.31 Å². The van der Waals surface area contributed by atoms with Crippen molar-refractivity contribution < 1.29 is 21.6 Å². The van der Waals surface area contributed by atoms with Crippen molar-refractivity contribution in [2.24, 2.45) is 0 Å². The number of benzene rings is 2. The van der Waals surface area contributed by atoms with Gasteiger partial charge < -0.3 is 0 Å². The minimum atomic E-state index is -4.43. The van der Waals surface area contributed by atoms with Crippen LogP contribution in [0.3, 0.4) is 0 Å². The predicted octanol–water partition coefficient (Wildman–Crippen LogP) is 3.99. The van der Waals surface area contributed by atoms with Crippen LogP contribution in [0.2, 0.25) is 0 Å². The number of sulfonamides is 1. The Morgan fingerprint density at radius 3 is 2.33 bits per heavy atom. The Balaban J connectivity index is 1.85. The minimum Gasteiger partial charge on any atom is -0.270 e. The summed E-state index contributed by atoms with van der Waals surface area (Å²) in [5.41, 5.74) is 1.19. The lowest BCUT2D eigenvalue weighted by Gasteiger charge is -2.30. The summed E-state index contributed by atoms with van der Waals surface area (Å²) in [6.07, 6.45) is -2.88. The molecule has 128 valence electrons. The second kappa shape index (κ2) is 6.12. The number of hydrogen-bond donors (Lipinski definition) is 0. The van der Waals surface area contributed by atoms with Crippen LogP contribution in [0.1, 0.15) is 23.1 Å². The zero-order valence-corrected chi connectivity index (χ0v) is 13.6. The molecule has 1 heterocycles. The second-order valence-electron chi connectivity index (χ2n) is 5.76. The van der Waals surface area contributed by atoms with Crippen molar-refractivity contribution in [1.29, 1.82) is 0 Å². The monoisotopic (exact) mass is 355 g/mol. The fourth-order valence-corrected chi connectivity index (χ4v) is 4.52. The maximum atomic E-state index is 12.7. The van der Waals surface area contributed by atoms with Gasteiger partial charge in [-0.2, -0.15) is 13.2 Å². The summed E-state index contributed by atoms with van der Waals surface area (Å²) >= 11 is 0. The summed E-state index contributed by atoms with van der Waals surface area (Å²) in [5, 5.41) is 0. The number of anilines is 1. The molecule has 2 aromatic carbocycles. The lowest BCUT2D eigenvalue weighted by Crippen LogP contribution is -2.36. The minimum absolute atomic E-state index is 0.320. The molecule has 0 bridgehead atoms. The quantitative estimate of drug-likeness (QED) is 0.835. The van der Waals surface area contributed by atoms with Crippen LogP contribution in [0, 0.1) is 0 Å². The van der Waals surface area contributed by atoms with E-state index in [1.807, 2.05) is 12.1 Å². The molecule has 0 radical (unpaired) electrons. The third kappa shape index (κ3) is 3.40. The molecule has 0 unspecified atom stereocenters. The third-order valence-corrected chi connectivity index (χ3v) is 5.78. The Labute approximate surface area is 138 Å². The SMILES string of the molecule is O=S(=O)(Cc1ccc(C(F)(F)F)cc1)N1CCCc2ccccc21. The van der Waals surface area contributed by atoms with Crippen molar-refractivity contribution in [1.82, 2.24) is 0 Å². The lowest BCUT2D eigenvalue weighted by atomic mass is 10.0. The molecule has 0 saturated heterocycles. The highest BCUT2D eigenvalue weighted by Crippen LogP contribution is 2.31. The van der Waals surface area contributed by atoms with Crippen LogP contribution in [0.25, 0.3) is 0 Å². The zero-order valence-electron chi connectivity index (χ0n) is 12.8. The average molecular weight is 355 g/mol. The van der Waals surface area contributed by atoms with Gasteiger partial charge in [0, 0.05) is 6.54 Å². The van der Waals surface area contributed by atoms with Crippen molar-refractivity contribution in [2.45, 2.75) is 24.8 Å². The number of hydrogen-bond acceptors (Lipinski definition) is 2. The van der Waals surface area contributed by atoms with Gasteiger partial charge in [0.25, 0.3) is 0 Å². The van der Waals surface area contributed by atoms with E-state index in [0.717, 1.165) is 30.5 Å². The first kappa shape index (κ1) is 16.8. The normalized spacial score (nSPS) is 15.2. The molecule has 0 N–H and O–H groups in total. The van der Waals surface area contributed by atoms with E-state index in [9.17, 15) is 21.6 Å². The van der Waals surface area contributed by atoms with E-state index >= 15 is 0 Å². The molecule has 24 heavy (non-hydrogen) atoms. The van der Waals surface area contributed by atoms with Crippen LogP contribution in [0.4, 0.5) is 18.9 Å².